The highest BCUT2D eigenvalue weighted by Crippen LogP contribution is 2.27. The highest BCUT2D eigenvalue weighted by molar-refractivity contribution is 6.07. The van der Waals surface area contributed by atoms with Crippen LogP contribution in [0.1, 0.15) is 42.5 Å². The van der Waals surface area contributed by atoms with Crippen molar-refractivity contribution in [2.75, 3.05) is 19.6 Å². The summed E-state index contributed by atoms with van der Waals surface area (Å²) in [5.74, 6) is -1.18. The molecule has 2 amide bonds. The first kappa shape index (κ1) is 19.4. The summed E-state index contributed by atoms with van der Waals surface area (Å²) in [6.07, 6.45) is 3.39. The van der Waals surface area contributed by atoms with Gasteiger partial charge in [0.05, 0.1) is 0 Å². The number of likely N-dealkylation sites (tertiary alicyclic amines) is 2. The number of nitrogens with zero attached hydrogens (tertiary/aromatic N) is 2. The molecule has 0 spiro atoms. The van der Waals surface area contributed by atoms with E-state index in [1.807, 2.05) is 47.4 Å². The minimum Gasteiger partial charge on any atom is -0.480 e. The normalized spacial score (nSPS) is 20.6. The summed E-state index contributed by atoms with van der Waals surface area (Å²) in [4.78, 5) is 40.9. The number of carboxylic acid groups (broad SMARTS) is 1. The summed E-state index contributed by atoms with van der Waals surface area (Å²) in [6, 6.07) is 12.9. The Balaban J connectivity index is 1.43. The van der Waals surface area contributed by atoms with Crippen molar-refractivity contribution < 1.29 is 19.5 Å². The molecule has 2 aliphatic rings. The fourth-order valence-corrected chi connectivity index (χ4v) is 4.60. The van der Waals surface area contributed by atoms with Crippen LogP contribution in [0.3, 0.4) is 0 Å². The molecule has 1 unspecified atom stereocenters. The van der Waals surface area contributed by atoms with Gasteiger partial charge < -0.3 is 14.9 Å². The topological polar surface area (TPSA) is 77.9 Å². The lowest BCUT2D eigenvalue weighted by atomic mass is 9.92. The van der Waals surface area contributed by atoms with Gasteiger partial charge in [-0.25, -0.2) is 4.79 Å². The highest BCUT2D eigenvalue weighted by Gasteiger charge is 2.37. The first-order valence-electron chi connectivity index (χ1n) is 10.4. The predicted molar refractivity (Wildman–Crippen MR) is 110 cm³/mol. The van der Waals surface area contributed by atoms with Gasteiger partial charge in [0.1, 0.15) is 6.04 Å². The summed E-state index contributed by atoms with van der Waals surface area (Å²) in [7, 11) is 0. The number of carboxylic acids is 1. The van der Waals surface area contributed by atoms with Crippen LogP contribution in [0.2, 0.25) is 0 Å². The molecule has 0 aromatic heterocycles. The molecule has 4 rings (SSSR count). The van der Waals surface area contributed by atoms with Gasteiger partial charge in [-0.05, 0) is 48.9 Å². The van der Waals surface area contributed by atoms with Crippen LogP contribution in [0.25, 0.3) is 10.8 Å². The zero-order chi connectivity index (χ0) is 20.4. The van der Waals surface area contributed by atoms with Crippen LogP contribution in [-0.2, 0) is 9.59 Å². The van der Waals surface area contributed by atoms with E-state index in [1.54, 1.807) is 4.90 Å². The average Bonchev–Trinajstić information content (AvgIpc) is 2.78. The van der Waals surface area contributed by atoms with Crippen molar-refractivity contribution in [2.24, 2.45) is 5.92 Å². The maximum absolute atomic E-state index is 13.1. The molecule has 1 atom stereocenters. The standard InChI is InChI=1S/C23H26N2O4/c26-21(25-13-4-3-10-20(25)23(28)29)17-11-14-24(15-12-17)22(27)19-9-5-7-16-6-1-2-8-18(16)19/h1-2,5-9,17,20H,3-4,10-15H2,(H,28,29). The zero-order valence-corrected chi connectivity index (χ0v) is 16.4. The molecule has 2 aromatic carbocycles. The Kier molecular flexibility index (Phi) is 5.51. The van der Waals surface area contributed by atoms with E-state index in [1.165, 1.54) is 0 Å². The second-order valence-corrected chi connectivity index (χ2v) is 7.97. The van der Waals surface area contributed by atoms with Gasteiger partial charge in [-0.3, -0.25) is 9.59 Å². The summed E-state index contributed by atoms with van der Waals surface area (Å²) < 4.78 is 0. The number of carbonyl (C=O) groups excluding carboxylic acids is 2. The number of benzene rings is 2. The average molecular weight is 394 g/mol. The van der Waals surface area contributed by atoms with Crippen LogP contribution in [-0.4, -0.2) is 58.4 Å². The molecule has 0 radical (unpaired) electrons. The third-order valence-electron chi connectivity index (χ3n) is 6.22. The van der Waals surface area contributed by atoms with Crippen molar-refractivity contribution in [1.29, 1.82) is 0 Å². The van der Waals surface area contributed by atoms with E-state index < -0.39 is 12.0 Å². The first-order chi connectivity index (χ1) is 14.1. The van der Waals surface area contributed by atoms with Gasteiger partial charge in [-0.1, -0.05) is 36.4 Å². The molecular formula is C23H26N2O4. The van der Waals surface area contributed by atoms with Gasteiger partial charge in [0.2, 0.25) is 5.91 Å². The van der Waals surface area contributed by atoms with E-state index in [0.717, 1.165) is 23.6 Å². The number of rotatable bonds is 3. The van der Waals surface area contributed by atoms with Gasteiger partial charge in [-0.2, -0.15) is 0 Å². The maximum atomic E-state index is 13.1. The largest absolute Gasteiger partial charge is 0.480 e. The molecule has 2 aromatic rings. The van der Waals surface area contributed by atoms with Crippen LogP contribution < -0.4 is 0 Å². The molecule has 6 nitrogen and oxygen atoms in total. The monoisotopic (exact) mass is 394 g/mol. The molecule has 1 N–H and O–H groups in total. The zero-order valence-electron chi connectivity index (χ0n) is 16.4. The minimum absolute atomic E-state index is 0.00548. The number of hydrogen-bond donors (Lipinski definition) is 1. The van der Waals surface area contributed by atoms with Crippen molar-refractivity contribution in [3.05, 3.63) is 48.0 Å². The van der Waals surface area contributed by atoms with Crippen LogP contribution in [0.4, 0.5) is 0 Å². The molecule has 29 heavy (non-hydrogen) atoms. The van der Waals surface area contributed by atoms with Gasteiger partial charge in [0.25, 0.3) is 5.91 Å². The molecule has 2 heterocycles. The number of aliphatic carboxylic acids is 1. The molecule has 2 saturated heterocycles. The lowest BCUT2D eigenvalue weighted by molar-refractivity contribution is -0.154. The summed E-state index contributed by atoms with van der Waals surface area (Å²) >= 11 is 0. The molecule has 6 heteroatoms. The third kappa shape index (κ3) is 3.84. The van der Waals surface area contributed by atoms with Crippen molar-refractivity contribution >= 4 is 28.6 Å². The minimum atomic E-state index is -0.915. The third-order valence-corrected chi connectivity index (χ3v) is 6.22. The van der Waals surface area contributed by atoms with E-state index in [9.17, 15) is 19.5 Å². The Labute approximate surface area is 170 Å². The fraction of sp³-hybridized carbons (Fsp3) is 0.435. The van der Waals surface area contributed by atoms with Crippen LogP contribution in [0.5, 0.6) is 0 Å². The van der Waals surface area contributed by atoms with E-state index in [0.29, 0.717) is 44.5 Å². The Morgan fingerprint density at radius 1 is 0.862 bits per heavy atom. The fourth-order valence-electron chi connectivity index (χ4n) is 4.60. The van der Waals surface area contributed by atoms with E-state index in [4.69, 9.17) is 0 Å². The second kappa shape index (κ2) is 8.23. The smallest absolute Gasteiger partial charge is 0.326 e. The molecule has 2 fully saturated rings. The lowest BCUT2D eigenvalue weighted by Crippen LogP contribution is -2.52. The van der Waals surface area contributed by atoms with E-state index in [2.05, 4.69) is 0 Å². The molecule has 0 saturated carbocycles. The SMILES string of the molecule is O=C(O)C1CCCCN1C(=O)C1CCN(C(=O)c2cccc3ccccc23)CC1. The predicted octanol–water partition coefficient (Wildman–Crippen LogP) is 3.16. The van der Waals surface area contributed by atoms with Gasteiger partial charge in [-0.15, -0.1) is 0 Å². The lowest BCUT2D eigenvalue weighted by Gasteiger charge is -2.38. The maximum Gasteiger partial charge on any atom is 0.326 e. The van der Waals surface area contributed by atoms with Crippen LogP contribution in [0.15, 0.2) is 42.5 Å². The summed E-state index contributed by atoms with van der Waals surface area (Å²) in [5.41, 5.74) is 0.690. The number of hydrogen-bond acceptors (Lipinski definition) is 3. The number of carbonyl (C=O) groups is 3. The highest BCUT2D eigenvalue weighted by atomic mass is 16.4. The quantitative estimate of drug-likeness (QED) is 0.867. The summed E-state index contributed by atoms with van der Waals surface area (Å²) in [5, 5.41) is 11.4. The Morgan fingerprint density at radius 3 is 2.34 bits per heavy atom. The van der Waals surface area contributed by atoms with Crippen molar-refractivity contribution in [3.8, 4) is 0 Å². The molecule has 2 aliphatic heterocycles. The van der Waals surface area contributed by atoms with Crippen LogP contribution >= 0.6 is 0 Å². The molecular weight excluding hydrogens is 368 g/mol. The van der Waals surface area contributed by atoms with E-state index >= 15 is 0 Å². The first-order valence-corrected chi connectivity index (χ1v) is 10.4. The number of fused-ring (bicyclic) bond motifs is 1. The Bertz CT molecular complexity index is 928. The van der Waals surface area contributed by atoms with Gasteiger partial charge in [0, 0.05) is 31.1 Å². The van der Waals surface area contributed by atoms with Crippen LogP contribution in [0, 0.1) is 5.92 Å². The van der Waals surface area contributed by atoms with Gasteiger partial charge in [0.15, 0.2) is 0 Å². The molecule has 152 valence electrons. The summed E-state index contributed by atoms with van der Waals surface area (Å²) in [6.45, 7) is 1.55. The Hall–Kier alpha value is -2.89. The molecule has 0 bridgehead atoms. The molecule has 0 aliphatic carbocycles. The Morgan fingerprint density at radius 2 is 1.59 bits per heavy atom. The van der Waals surface area contributed by atoms with E-state index in [-0.39, 0.29) is 17.7 Å². The number of piperidine rings is 2. The second-order valence-electron chi connectivity index (χ2n) is 7.97. The number of amides is 2. The van der Waals surface area contributed by atoms with Crippen molar-refractivity contribution in [3.63, 3.8) is 0 Å². The van der Waals surface area contributed by atoms with Crippen molar-refractivity contribution in [2.45, 2.75) is 38.1 Å². The van der Waals surface area contributed by atoms with Gasteiger partial charge >= 0.3 is 5.97 Å². The van der Waals surface area contributed by atoms with Crippen molar-refractivity contribution in [1.82, 2.24) is 9.80 Å².